The lowest BCUT2D eigenvalue weighted by molar-refractivity contribution is 0.102. The predicted octanol–water partition coefficient (Wildman–Crippen LogP) is 3.87. The van der Waals surface area contributed by atoms with E-state index in [0.717, 1.165) is 21.8 Å². The van der Waals surface area contributed by atoms with Gasteiger partial charge in [-0.05, 0) is 37.6 Å². The number of fused-ring (bicyclic) bond motifs is 1. The number of ether oxygens (including phenoxy) is 1. The van der Waals surface area contributed by atoms with Crippen LogP contribution in [0.4, 0.5) is 15.8 Å². The van der Waals surface area contributed by atoms with Crippen molar-refractivity contribution in [2.75, 3.05) is 30.4 Å². The molecule has 1 amide bonds. The van der Waals surface area contributed by atoms with Gasteiger partial charge in [-0.2, -0.15) is 5.26 Å². The van der Waals surface area contributed by atoms with E-state index in [1.807, 2.05) is 6.92 Å². The minimum absolute atomic E-state index is 0.000788. The van der Waals surface area contributed by atoms with Crippen LogP contribution in [0.2, 0.25) is 0 Å². The second kappa shape index (κ2) is 9.49. The number of carbonyl (C=O) groups is 1. The summed E-state index contributed by atoms with van der Waals surface area (Å²) in [5, 5.41) is 13.5. The Morgan fingerprint density at radius 2 is 2.19 bits per heavy atom. The van der Waals surface area contributed by atoms with E-state index in [-0.39, 0.29) is 28.9 Å². The van der Waals surface area contributed by atoms with Gasteiger partial charge in [0.05, 0.1) is 39.3 Å². The fraction of sp³-hybridized carbons (Fsp3) is 0.240. The molecule has 9 nitrogen and oxygen atoms in total. The molecule has 1 saturated heterocycles. The van der Waals surface area contributed by atoms with E-state index in [1.54, 1.807) is 12.1 Å². The van der Waals surface area contributed by atoms with Gasteiger partial charge in [-0.25, -0.2) is 19.3 Å². The summed E-state index contributed by atoms with van der Waals surface area (Å²) in [4.78, 5) is 28.5. The summed E-state index contributed by atoms with van der Waals surface area (Å²) in [7, 11) is 1.42. The van der Waals surface area contributed by atoms with Crippen molar-refractivity contribution in [3.8, 4) is 23.2 Å². The quantitative estimate of drug-likeness (QED) is 0.420. The number of nitrogens with one attached hydrogen (secondary N) is 1. The van der Waals surface area contributed by atoms with Crippen molar-refractivity contribution in [2.45, 2.75) is 19.4 Å². The van der Waals surface area contributed by atoms with Crippen molar-refractivity contribution in [1.82, 2.24) is 15.0 Å². The number of halogens is 1. The van der Waals surface area contributed by atoms with Gasteiger partial charge in [0.25, 0.3) is 5.91 Å². The molecule has 1 aliphatic rings. The third kappa shape index (κ3) is 4.21. The molecule has 2 aromatic carbocycles. The molecule has 1 atom stereocenters. The fourth-order valence-corrected chi connectivity index (χ4v) is 5.23. The van der Waals surface area contributed by atoms with Gasteiger partial charge < -0.3 is 20.7 Å². The summed E-state index contributed by atoms with van der Waals surface area (Å²) in [6.45, 7) is 3.18. The Balaban J connectivity index is 1.57. The Morgan fingerprint density at radius 3 is 2.92 bits per heavy atom. The zero-order valence-electron chi connectivity index (χ0n) is 19.6. The molecule has 2 aromatic heterocycles. The highest BCUT2D eigenvalue weighted by atomic mass is 32.1. The molecule has 182 valence electrons. The monoisotopic (exact) mass is 503 g/mol. The maximum absolute atomic E-state index is 14.6. The lowest BCUT2D eigenvalue weighted by Gasteiger charge is -2.23. The van der Waals surface area contributed by atoms with Crippen LogP contribution >= 0.6 is 11.3 Å². The van der Waals surface area contributed by atoms with E-state index in [9.17, 15) is 14.4 Å². The van der Waals surface area contributed by atoms with Crippen molar-refractivity contribution < 1.29 is 13.9 Å². The predicted molar refractivity (Wildman–Crippen MR) is 136 cm³/mol. The van der Waals surface area contributed by atoms with Gasteiger partial charge in [0.15, 0.2) is 5.82 Å². The summed E-state index contributed by atoms with van der Waals surface area (Å²) >= 11 is 1.43. The van der Waals surface area contributed by atoms with Crippen LogP contribution in [-0.2, 0) is 0 Å². The zero-order valence-corrected chi connectivity index (χ0v) is 20.4. The van der Waals surface area contributed by atoms with Gasteiger partial charge in [-0.3, -0.25) is 4.79 Å². The first-order valence-electron chi connectivity index (χ1n) is 11.2. The van der Waals surface area contributed by atoms with Crippen LogP contribution in [-0.4, -0.2) is 47.1 Å². The summed E-state index contributed by atoms with van der Waals surface area (Å²) in [5.41, 5.74) is 8.48. The van der Waals surface area contributed by atoms with Gasteiger partial charge in [-0.15, -0.1) is 11.3 Å². The topological polar surface area (TPSA) is 130 Å². The number of aromatic nitrogens is 3. The molecule has 0 aliphatic carbocycles. The number of carbonyl (C=O) groups excluding carboxylic acids is 1. The van der Waals surface area contributed by atoms with E-state index < -0.39 is 11.7 Å². The molecule has 0 spiro atoms. The van der Waals surface area contributed by atoms with Crippen LogP contribution in [0.1, 0.15) is 27.5 Å². The number of nitriles is 1. The molecule has 0 radical (unpaired) electrons. The maximum atomic E-state index is 14.6. The number of amides is 1. The maximum Gasteiger partial charge on any atom is 0.274 e. The minimum Gasteiger partial charge on any atom is -0.496 e. The number of thiazole rings is 1. The highest BCUT2D eigenvalue weighted by Crippen LogP contribution is 2.40. The van der Waals surface area contributed by atoms with Crippen molar-refractivity contribution in [3.63, 3.8) is 0 Å². The molecule has 0 bridgehead atoms. The zero-order chi connectivity index (χ0) is 25.4. The Labute approximate surface area is 210 Å². The molecule has 1 fully saturated rings. The standard InChI is InChI=1S/C25H22FN7O2S/c1-13-30-21-22(33-9-7-15(28)12-33)18(10-14(11-27)23(21)36-13)32-25(34)17-6-8-29-24(31-17)20-16(26)4-3-5-19(20)35-2/h3-6,8,10,15H,7,9,12,28H2,1-2H3,(H,32,34). The number of anilines is 2. The second-order valence-corrected chi connectivity index (χ2v) is 9.58. The fourth-order valence-electron chi connectivity index (χ4n) is 4.35. The van der Waals surface area contributed by atoms with Crippen molar-refractivity contribution in [1.29, 1.82) is 5.26 Å². The van der Waals surface area contributed by atoms with Crippen LogP contribution < -0.4 is 20.7 Å². The number of methoxy groups -OCH3 is 1. The van der Waals surface area contributed by atoms with Gasteiger partial charge in [0.2, 0.25) is 0 Å². The second-order valence-electron chi connectivity index (χ2n) is 8.37. The van der Waals surface area contributed by atoms with E-state index in [4.69, 9.17) is 10.5 Å². The van der Waals surface area contributed by atoms with Crippen LogP contribution in [0.25, 0.3) is 21.6 Å². The van der Waals surface area contributed by atoms with Crippen LogP contribution in [0.5, 0.6) is 5.75 Å². The first kappa shape index (κ1) is 23.6. The molecule has 3 heterocycles. The lowest BCUT2D eigenvalue weighted by Crippen LogP contribution is -2.27. The first-order valence-corrected chi connectivity index (χ1v) is 12.0. The third-order valence-electron chi connectivity index (χ3n) is 5.96. The molecule has 5 rings (SSSR count). The number of benzene rings is 2. The van der Waals surface area contributed by atoms with E-state index in [0.29, 0.717) is 29.9 Å². The summed E-state index contributed by atoms with van der Waals surface area (Å²) in [5.74, 6) is -0.827. The van der Waals surface area contributed by atoms with Crippen LogP contribution in [0.3, 0.4) is 0 Å². The van der Waals surface area contributed by atoms with E-state index >= 15 is 0 Å². The highest BCUT2D eigenvalue weighted by molar-refractivity contribution is 7.18. The van der Waals surface area contributed by atoms with Gasteiger partial charge in [-0.1, -0.05) is 6.07 Å². The Hall–Kier alpha value is -4.14. The van der Waals surface area contributed by atoms with Gasteiger partial charge >= 0.3 is 0 Å². The third-order valence-corrected chi connectivity index (χ3v) is 6.97. The smallest absolute Gasteiger partial charge is 0.274 e. The van der Waals surface area contributed by atoms with Crippen LogP contribution in [0.15, 0.2) is 36.5 Å². The molecule has 11 heteroatoms. The number of hydrogen-bond acceptors (Lipinski definition) is 9. The SMILES string of the molecule is COc1cccc(F)c1-c1nccc(C(=O)Nc2cc(C#N)c3sc(C)nc3c2N2CCC(N)C2)n1. The average molecular weight is 504 g/mol. The molecular weight excluding hydrogens is 481 g/mol. The number of nitrogens with zero attached hydrogens (tertiary/aromatic N) is 5. The molecule has 3 N–H and O–H groups in total. The van der Waals surface area contributed by atoms with E-state index in [2.05, 4.69) is 31.2 Å². The van der Waals surface area contributed by atoms with Gasteiger partial charge in [0, 0.05) is 25.3 Å². The summed E-state index contributed by atoms with van der Waals surface area (Å²) in [6, 6.07) is 9.68. The average Bonchev–Trinajstić information content (AvgIpc) is 3.48. The lowest BCUT2D eigenvalue weighted by atomic mass is 10.1. The molecule has 4 aromatic rings. The molecular formula is C25H22FN7O2S. The largest absolute Gasteiger partial charge is 0.496 e. The Kier molecular flexibility index (Phi) is 6.22. The molecule has 1 unspecified atom stereocenters. The number of aryl methyl sites for hydroxylation is 1. The number of nitrogens with two attached hydrogens (primary N) is 1. The van der Waals surface area contributed by atoms with Crippen molar-refractivity contribution >= 4 is 38.8 Å². The minimum atomic E-state index is -0.567. The normalized spacial score (nSPS) is 15.2. The van der Waals surface area contributed by atoms with Crippen molar-refractivity contribution in [3.05, 3.63) is 58.6 Å². The number of rotatable bonds is 5. The Bertz CT molecular complexity index is 1530. The van der Waals surface area contributed by atoms with Crippen molar-refractivity contribution in [2.24, 2.45) is 5.73 Å². The molecule has 1 aliphatic heterocycles. The molecule has 0 saturated carbocycles. The van der Waals surface area contributed by atoms with Gasteiger partial charge in [0.1, 0.15) is 28.8 Å². The number of hydrogen-bond donors (Lipinski definition) is 2. The van der Waals surface area contributed by atoms with Crippen LogP contribution in [0, 0.1) is 24.1 Å². The Morgan fingerprint density at radius 1 is 1.36 bits per heavy atom. The summed E-state index contributed by atoms with van der Waals surface area (Å²) < 4.78 is 20.6. The van der Waals surface area contributed by atoms with E-state index in [1.165, 1.54) is 42.8 Å². The first-order chi connectivity index (χ1) is 17.4. The molecule has 36 heavy (non-hydrogen) atoms. The highest BCUT2D eigenvalue weighted by Gasteiger charge is 2.27. The summed E-state index contributed by atoms with van der Waals surface area (Å²) in [6.07, 6.45) is 2.19.